The first kappa shape index (κ1) is 12.1. The molecule has 1 fully saturated rings. The van der Waals surface area contributed by atoms with Crippen molar-refractivity contribution in [2.45, 2.75) is 24.9 Å². The molecule has 1 heterocycles. The standard InChI is InChI=1S/C18H16OS/c19-17(15-6-2-1-5-14(15)12-8-9-12)16-7-3-4-13-10-11-20-18(13)16/h1-7,10-12,17,19H,8-9H2. The summed E-state index contributed by atoms with van der Waals surface area (Å²) in [6.45, 7) is 0. The van der Waals surface area contributed by atoms with Gasteiger partial charge in [-0.3, -0.25) is 0 Å². The molecule has 1 saturated carbocycles. The predicted octanol–water partition coefficient (Wildman–Crippen LogP) is 4.86. The topological polar surface area (TPSA) is 20.2 Å². The third-order valence-corrected chi connectivity index (χ3v) is 5.09. The molecule has 1 aliphatic carbocycles. The van der Waals surface area contributed by atoms with Gasteiger partial charge in [0.2, 0.25) is 0 Å². The van der Waals surface area contributed by atoms with Crippen LogP contribution in [0, 0.1) is 0 Å². The SMILES string of the molecule is OC(c1ccccc1C1CC1)c1cccc2ccsc12. The van der Waals surface area contributed by atoms with Crippen LogP contribution in [0.15, 0.2) is 53.9 Å². The molecule has 0 saturated heterocycles. The van der Waals surface area contributed by atoms with Gasteiger partial charge in [-0.05, 0) is 46.7 Å². The smallest absolute Gasteiger partial charge is 0.106 e. The van der Waals surface area contributed by atoms with E-state index in [1.807, 2.05) is 18.2 Å². The van der Waals surface area contributed by atoms with E-state index in [1.54, 1.807) is 11.3 Å². The van der Waals surface area contributed by atoms with Gasteiger partial charge >= 0.3 is 0 Å². The molecule has 1 unspecified atom stereocenters. The third-order valence-electron chi connectivity index (χ3n) is 4.11. The van der Waals surface area contributed by atoms with E-state index >= 15 is 0 Å². The first-order valence-corrected chi connectivity index (χ1v) is 7.95. The molecule has 0 spiro atoms. The minimum atomic E-state index is -0.519. The molecule has 3 aromatic rings. The molecule has 1 N–H and O–H groups in total. The van der Waals surface area contributed by atoms with Gasteiger partial charge in [-0.1, -0.05) is 42.5 Å². The summed E-state index contributed by atoms with van der Waals surface area (Å²) in [5.74, 6) is 0.656. The van der Waals surface area contributed by atoms with Crippen molar-refractivity contribution in [3.63, 3.8) is 0 Å². The zero-order valence-electron chi connectivity index (χ0n) is 11.1. The Hall–Kier alpha value is -1.64. The van der Waals surface area contributed by atoms with E-state index in [4.69, 9.17) is 0 Å². The molecule has 4 rings (SSSR count). The maximum Gasteiger partial charge on any atom is 0.106 e. The maximum atomic E-state index is 10.9. The Balaban J connectivity index is 1.84. The molecule has 0 aliphatic heterocycles. The van der Waals surface area contributed by atoms with E-state index in [2.05, 4.69) is 35.7 Å². The van der Waals surface area contributed by atoms with Gasteiger partial charge in [0.05, 0.1) is 0 Å². The Labute approximate surface area is 122 Å². The molecule has 0 radical (unpaired) electrons. The summed E-state index contributed by atoms with van der Waals surface area (Å²) >= 11 is 1.71. The van der Waals surface area contributed by atoms with Crippen LogP contribution in [0.2, 0.25) is 0 Å². The number of hydrogen-bond acceptors (Lipinski definition) is 2. The molecule has 2 aromatic carbocycles. The maximum absolute atomic E-state index is 10.9. The summed E-state index contributed by atoms with van der Waals surface area (Å²) in [6.07, 6.45) is 1.99. The monoisotopic (exact) mass is 280 g/mol. The average Bonchev–Trinajstić information content (AvgIpc) is 3.23. The molecule has 0 amide bonds. The van der Waals surface area contributed by atoms with Gasteiger partial charge in [-0.15, -0.1) is 11.3 Å². The van der Waals surface area contributed by atoms with Crippen LogP contribution < -0.4 is 0 Å². The lowest BCUT2D eigenvalue weighted by Gasteiger charge is -2.16. The number of aliphatic hydroxyl groups excluding tert-OH is 1. The minimum absolute atomic E-state index is 0.519. The minimum Gasteiger partial charge on any atom is -0.384 e. The van der Waals surface area contributed by atoms with Crippen molar-refractivity contribution in [3.8, 4) is 0 Å². The second-order valence-corrected chi connectivity index (χ2v) is 6.41. The normalized spacial score (nSPS) is 16.4. The largest absolute Gasteiger partial charge is 0.384 e. The van der Waals surface area contributed by atoms with Gasteiger partial charge in [0.25, 0.3) is 0 Å². The van der Waals surface area contributed by atoms with E-state index in [1.165, 1.54) is 28.5 Å². The van der Waals surface area contributed by atoms with Gasteiger partial charge in [0, 0.05) is 10.3 Å². The van der Waals surface area contributed by atoms with Gasteiger partial charge < -0.3 is 5.11 Å². The molecule has 100 valence electrons. The highest BCUT2D eigenvalue weighted by atomic mass is 32.1. The van der Waals surface area contributed by atoms with Crippen LogP contribution >= 0.6 is 11.3 Å². The summed E-state index contributed by atoms with van der Waals surface area (Å²) in [5.41, 5.74) is 3.44. The first-order valence-electron chi connectivity index (χ1n) is 7.07. The Kier molecular flexibility index (Phi) is 2.86. The van der Waals surface area contributed by atoms with Gasteiger partial charge in [-0.25, -0.2) is 0 Å². The highest BCUT2D eigenvalue weighted by Crippen LogP contribution is 2.44. The summed E-state index contributed by atoms with van der Waals surface area (Å²) in [7, 11) is 0. The van der Waals surface area contributed by atoms with E-state index < -0.39 is 6.10 Å². The number of aliphatic hydroxyl groups is 1. The Morgan fingerprint density at radius 3 is 2.60 bits per heavy atom. The third kappa shape index (κ3) is 1.96. The summed E-state index contributed by atoms with van der Waals surface area (Å²) in [6, 6.07) is 16.7. The lowest BCUT2D eigenvalue weighted by molar-refractivity contribution is 0.221. The van der Waals surface area contributed by atoms with E-state index in [-0.39, 0.29) is 0 Å². The quantitative estimate of drug-likeness (QED) is 0.726. The zero-order valence-corrected chi connectivity index (χ0v) is 11.9. The molecule has 1 atom stereocenters. The van der Waals surface area contributed by atoms with Crippen molar-refractivity contribution in [3.05, 3.63) is 70.6 Å². The van der Waals surface area contributed by atoms with Crippen molar-refractivity contribution in [2.75, 3.05) is 0 Å². The fourth-order valence-electron chi connectivity index (χ4n) is 2.93. The van der Waals surface area contributed by atoms with Crippen LogP contribution in [-0.4, -0.2) is 5.11 Å². The second kappa shape index (κ2) is 4.72. The van der Waals surface area contributed by atoms with Crippen molar-refractivity contribution in [1.82, 2.24) is 0 Å². The molecule has 1 aliphatic rings. The van der Waals surface area contributed by atoms with Crippen molar-refractivity contribution in [2.24, 2.45) is 0 Å². The summed E-state index contributed by atoms with van der Waals surface area (Å²) < 4.78 is 1.20. The number of fused-ring (bicyclic) bond motifs is 1. The van der Waals surface area contributed by atoms with Gasteiger partial charge in [0.15, 0.2) is 0 Å². The van der Waals surface area contributed by atoms with Gasteiger partial charge in [0.1, 0.15) is 6.10 Å². The van der Waals surface area contributed by atoms with Gasteiger partial charge in [-0.2, -0.15) is 0 Å². The van der Waals surface area contributed by atoms with Crippen LogP contribution in [0.4, 0.5) is 0 Å². The van der Waals surface area contributed by atoms with Crippen molar-refractivity contribution >= 4 is 21.4 Å². The van der Waals surface area contributed by atoms with Crippen molar-refractivity contribution in [1.29, 1.82) is 0 Å². The van der Waals surface area contributed by atoms with Crippen LogP contribution in [0.3, 0.4) is 0 Å². The highest BCUT2D eigenvalue weighted by Gasteiger charge is 2.28. The van der Waals surface area contributed by atoms with E-state index in [0.29, 0.717) is 5.92 Å². The predicted molar refractivity (Wildman–Crippen MR) is 84.3 cm³/mol. The molecule has 1 nitrogen and oxygen atoms in total. The van der Waals surface area contributed by atoms with Crippen LogP contribution in [0.1, 0.15) is 41.6 Å². The van der Waals surface area contributed by atoms with Crippen LogP contribution in [-0.2, 0) is 0 Å². The molecule has 2 heteroatoms. The van der Waals surface area contributed by atoms with Crippen molar-refractivity contribution < 1.29 is 5.11 Å². The fraction of sp³-hybridized carbons (Fsp3) is 0.222. The van der Waals surface area contributed by atoms with E-state index in [9.17, 15) is 5.11 Å². The average molecular weight is 280 g/mol. The lowest BCUT2D eigenvalue weighted by Crippen LogP contribution is -2.03. The summed E-state index contributed by atoms with van der Waals surface area (Å²) in [4.78, 5) is 0. The molecule has 20 heavy (non-hydrogen) atoms. The Morgan fingerprint density at radius 1 is 0.950 bits per heavy atom. The number of hydrogen-bond donors (Lipinski definition) is 1. The highest BCUT2D eigenvalue weighted by molar-refractivity contribution is 7.17. The molecule has 1 aromatic heterocycles. The number of benzene rings is 2. The first-order chi connectivity index (χ1) is 9.84. The lowest BCUT2D eigenvalue weighted by atomic mass is 9.94. The molecular formula is C18H16OS. The van der Waals surface area contributed by atoms with Crippen LogP contribution in [0.5, 0.6) is 0 Å². The second-order valence-electron chi connectivity index (χ2n) is 5.49. The van der Waals surface area contributed by atoms with Crippen LogP contribution in [0.25, 0.3) is 10.1 Å². The molecule has 0 bridgehead atoms. The Morgan fingerprint density at radius 2 is 1.75 bits per heavy atom. The number of thiophene rings is 1. The zero-order chi connectivity index (χ0) is 13.5. The fourth-order valence-corrected chi connectivity index (χ4v) is 3.86. The molecular weight excluding hydrogens is 264 g/mol. The summed E-state index contributed by atoms with van der Waals surface area (Å²) in [5, 5.41) is 14.2. The number of rotatable bonds is 3. The van der Waals surface area contributed by atoms with E-state index in [0.717, 1.165) is 11.1 Å². The Bertz CT molecular complexity index is 755.